The Hall–Kier alpha value is -3.40. The zero-order valence-corrected chi connectivity index (χ0v) is 21.6. The van der Waals surface area contributed by atoms with Crippen molar-refractivity contribution in [2.24, 2.45) is 5.92 Å². The first-order chi connectivity index (χ1) is 17.4. The van der Waals surface area contributed by atoms with Gasteiger partial charge in [-0.15, -0.1) is 11.3 Å². The second-order valence-corrected chi connectivity index (χ2v) is 10.2. The number of benzene rings is 2. The number of carbonyl (C=O) groups excluding carboxylic acids is 2. The van der Waals surface area contributed by atoms with Gasteiger partial charge in [-0.1, -0.05) is 26.0 Å². The molecule has 0 saturated heterocycles. The zero-order valence-electron chi connectivity index (χ0n) is 20.8. The molecule has 37 heavy (non-hydrogen) atoms. The molecule has 0 unspecified atom stereocenters. The summed E-state index contributed by atoms with van der Waals surface area (Å²) in [7, 11) is 0. The molecular formula is C27H29F4N3O2S. The van der Waals surface area contributed by atoms with E-state index in [1.807, 2.05) is 32.2 Å². The van der Waals surface area contributed by atoms with E-state index < -0.39 is 17.8 Å². The van der Waals surface area contributed by atoms with Crippen molar-refractivity contribution in [2.75, 3.05) is 18.4 Å². The van der Waals surface area contributed by atoms with Gasteiger partial charge in [0.25, 0.3) is 0 Å². The SMILES string of the molecule is Cc1ccsc1CN(Cc1ccc(F)cc1)C(=O)CN(CC(C)C)C(=O)Nc1ccc(C(F)(F)F)cc1. The Labute approximate surface area is 217 Å². The number of halogens is 4. The van der Waals surface area contributed by atoms with Gasteiger partial charge in [0.05, 0.1) is 12.1 Å². The first-order valence-corrected chi connectivity index (χ1v) is 12.6. The molecule has 3 aromatic rings. The van der Waals surface area contributed by atoms with Crippen molar-refractivity contribution in [3.63, 3.8) is 0 Å². The van der Waals surface area contributed by atoms with Crippen LogP contribution in [-0.2, 0) is 24.1 Å². The average molecular weight is 536 g/mol. The van der Waals surface area contributed by atoms with Crippen molar-refractivity contribution in [1.82, 2.24) is 9.80 Å². The van der Waals surface area contributed by atoms with Crippen molar-refractivity contribution >= 4 is 29.0 Å². The van der Waals surface area contributed by atoms with E-state index in [1.54, 1.807) is 17.0 Å². The molecule has 0 aliphatic rings. The van der Waals surface area contributed by atoms with Crippen LogP contribution in [0.5, 0.6) is 0 Å². The Bertz CT molecular complexity index is 1190. The fourth-order valence-corrected chi connectivity index (χ4v) is 4.57. The first kappa shape index (κ1) is 28.2. The minimum atomic E-state index is -4.48. The van der Waals surface area contributed by atoms with E-state index in [0.29, 0.717) is 6.54 Å². The summed E-state index contributed by atoms with van der Waals surface area (Å²) < 4.78 is 52.0. The summed E-state index contributed by atoms with van der Waals surface area (Å²) in [4.78, 5) is 30.5. The van der Waals surface area contributed by atoms with Crippen LogP contribution in [0, 0.1) is 18.7 Å². The third-order valence-electron chi connectivity index (χ3n) is 5.60. The van der Waals surface area contributed by atoms with Crippen molar-refractivity contribution in [3.05, 3.63) is 87.4 Å². The molecular weight excluding hydrogens is 506 g/mol. The Morgan fingerprint density at radius 3 is 2.14 bits per heavy atom. The van der Waals surface area contributed by atoms with Crippen molar-refractivity contribution in [2.45, 2.75) is 40.0 Å². The Morgan fingerprint density at radius 1 is 0.946 bits per heavy atom. The molecule has 0 spiro atoms. The molecule has 5 nitrogen and oxygen atoms in total. The number of hydrogen-bond donors (Lipinski definition) is 1. The van der Waals surface area contributed by atoms with E-state index >= 15 is 0 Å². The van der Waals surface area contributed by atoms with Gasteiger partial charge in [0.1, 0.15) is 12.4 Å². The maximum Gasteiger partial charge on any atom is 0.416 e. The van der Waals surface area contributed by atoms with Crippen LogP contribution in [0.4, 0.5) is 28.0 Å². The lowest BCUT2D eigenvalue weighted by Gasteiger charge is -2.29. The predicted octanol–water partition coefficient (Wildman–Crippen LogP) is 6.93. The third-order valence-corrected chi connectivity index (χ3v) is 6.61. The molecule has 198 valence electrons. The van der Waals surface area contributed by atoms with Crippen molar-refractivity contribution < 1.29 is 27.2 Å². The summed E-state index contributed by atoms with van der Waals surface area (Å²) in [5, 5.41) is 4.53. The summed E-state index contributed by atoms with van der Waals surface area (Å²) in [6.07, 6.45) is -4.48. The molecule has 0 saturated carbocycles. The summed E-state index contributed by atoms with van der Waals surface area (Å²) in [6.45, 7) is 6.34. The topological polar surface area (TPSA) is 52.7 Å². The van der Waals surface area contributed by atoms with Gasteiger partial charge in [-0.3, -0.25) is 4.79 Å². The number of nitrogens with one attached hydrogen (secondary N) is 1. The van der Waals surface area contributed by atoms with E-state index in [-0.39, 0.29) is 43.0 Å². The molecule has 0 radical (unpaired) electrons. The normalized spacial score (nSPS) is 11.5. The molecule has 1 aromatic heterocycles. The lowest BCUT2D eigenvalue weighted by Crippen LogP contribution is -2.45. The predicted molar refractivity (Wildman–Crippen MR) is 137 cm³/mol. The van der Waals surface area contributed by atoms with E-state index in [1.165, 1.54) is 40.5 Å². The Kier molecular flexibility index (Phi) is 9.31. The molecule has 10 heteroatoms. The van der Waals surface area contributed by atoms with Gasteiger partial charge < -0.3 is 15.1 Å². The van der Waals surface area contributed by atoms with E-state index in [0.717, 1.165) is 28.1 Å². The summed E-state index contributed by atoms with van der Waals surface area (Å²) >= 11 is 1.52. The van der Waals surface area contributed by atoms with E-state index in [4.69, 9.17) is 0 Å². The van der Waals surface area contributed by atoms with Gasteiger partial charge in [-0.05, 0) is 71.8 Å². The molecule has 2 aromatic carbocycles. The second kappa shape index (κ2) is 12.2. The minimum Gasteiger partial charge on any atom is -0.332 e. The number of carbonyl (C=O) groups is 2. The lowest BCUT2D eigenvalue weighted by molar-refractivity contribution is -0.137. The zero-order chi connectivity index (χ0) is 27.2. The number of rotatable bonds is 9. The van der Waals surface area contributed by atoms with E-state index in [9.17, 15) is 27.2 Å². The molecule has 1 heterocycles. The van der Waals surface area contributed by atoms with Crippen LogP contribution in [0.1, 0.15) is 35.4 Å². The third kappa shape index (κ3) is 8.31. The van der Waals surface area contributed by atoms with Crippen LogP contribution in [-0.4, -0.2) is 34.8 Å². The van der Waals surface area contributed by atoms with Gasteiger partial charge in [0, 0.05) is 23.7 Å². The van der Waals surface area contributed by atoms with Crippen LogP contribution in [0.3, 0.4) is 0 Å². The van der Waals surface area contributed by atoms with Crippen LogP contribution in [0.2, 0.25) is 0 Å². The molecule has 0 aliphatic heterocycles. The minimum absolute atomic E-state index is 0.0382. The smallest absolute Gasteiger partial charge is 0.332 e. The first-order valence-electron chi connectivity index (χ1n) is 11.7. The van der Waals surface area contributed by atoms with Gasteiger partial charge >= 0.3 is 12.2 Å². The number of amides is 3. The highest BCUT2D eigenvalue weighted by atomic mass is 32.1. The highest BCUT2D eigenvalue weighted by molar-refractivity contribution is 7.10. The molecule has 1 N–H and O–H groups in total. The molecule has 0 fully saturated rings. The fraction of sp³-hybridized carbons (Fsp3) is 0.333. The van der Waals surface area contributed by atoms with Crippen molar-refractivity contribution in [1.29, 1.82) is 0 Å². The Morgan fingerprint density at radius 2 is 1.59 bits per heavy atom. The largest absolute Gasteiger partial charge is 0.416 e. The average Bonchev–Trinajstić information content (AvgIpc) is 3.23. The number of thiophene rings is 1. The number of alkyl halides is 3. The number of hydrogen-bond acceptors (Lipinski definition) is 3. The number of aryl methyl sites for hydroxylation is 1. The summed E-state index contributed by atoms with van der Waals surface area (Å²) in [6, 6.07) is 11.4. The van der Waals surface area contributed by atoms with Crippen LogP contribution in [0.25, 0.3) is 0 Å². The van der Waals surface area contributed by atoms with Crippen LogP contribution >= 0.6 is 11.3 Å². The van der Waals surface area contributed by atoms with Gasteiger partial charge in [-0.25, -0.2) is 9.18 Å². The van der Waals surface area contributed by atoms with Crippen LogP contribution < -0.4 is 5.32 Å². The number of urea groups is 1. The maximum absolute atomic E-state index is 13.5. The molecule has 3 rings (SSSR count). The number of nitrogens with zero attached hydrogens (tertiary/aromatic N) is 2. The molecule has 0 aliphatic carbocycles. The van der Waals surface area contributed by atoms with Gasteiger partial charge in [0.15, 0.2) is 0 Å². The standard InChI is InChI=1S/C27H29F4N3O2S/c1-18(2)14-34(26(36)32-23-10-6-21(7-11-23)27(29,30)31)17-25(35)33(16-24-19(3)12-13-37-24)15-20-4-8-22(28)9-5-20/h4-13,18H,14-17H2,1-3H3,(H,32,36). The van der Waals surface area contributed by atoms with Gasteiger partial charge in [0.2, 0.25) is 5.91 Å². The highest BCUT2D eigenvalue weighted by Gasteiger charge is 2.30. The number of anilines is 1. The quantitative estimate of drug-likeness (QED) is 0.302. The van der Waals surface area contributed by atoms with Gasteiger partial charge in [-0.2, -0.15) is 13.2 Å². The second-order valence-electron chi connectivity index (χ2n) is 9.18. The maximum atomic E-state index is 13.5. The Balaban J connectivity index is 1.77. The molecule has 0 atom stereocenters. The van der Waals surface area contributed by atoms with Crippen molar-refractivity contribution in [3.8, 4) is 0 Å². The highest BCUT2D eigenvalue weighted by Crippen LogP contribution is 2.30. The summed E-state index contributed by atoms with van der Waals surface area (Å²) in [5.74, 6) is -0.643. The molecule has 3 amide bonds. The molecule has 0 bridgehead atoms. The van der Waals surface area contributed by atoms with E-state index in [2.05, 4.69) is 5.32 Å². The van der Waals surface area contributed by atoms with Crippen LogP contribution in [0.15, 0.2) is 60.0 Å². The summed E-state index contributed by atoms with van der Waals surface area (Å²) in [5.41, 5.74) is 1.16. The fourth-order valence-electron chi connectivity index (χ4n) is 3.65. The lowest BCUT2D eigenvalue weighted by atomic mass is 10.2. The monoisotopic (exact) mass is 535 g/mol.